The minimum absolute atomic E-state index is 0.113. The molecule has 0 spiro atoms. The summed E-state index contributed by atoms with van der Waals surface area (Å²) in [7, 11) is -3.47. The van der Waals surface area contributed by atoms with E-state index in [0.29, 0.717) is 24.4 Å². The molecule has 2 aliphatic heterocycles. The number of aliphatic imine (C=N–C) groups is 1. The first kappa shape index (κ1) is 18.8. The number of fused-ring (bicyclic) bond motifs is 1. The summed E-state index contributed by atoms with van der Waals surface area (Å²) in [5, 5.41) is 6.35. The van der Waals surface area contributed by atoms with E-state index in [1.165, 1.54) is 0 Å². The van der Waals surface area contributed by atoms with Gasteiger partial charge in [0.05, 0.1) is 4.90 Å². The van der Waals surface area contributed by atoms with Gasteiger partial charge in [-0.05, 0) is 44.4 Å². The van der Waals surface area contributed by atoms with Crippen LogP contribution in [0.3, 0.4) is 0 Å². The molecule has 1 fully saturated rings. The summed E-state index contributed by atoms with van der Waals surface area (Å²) in [6.07, 6.45) is 5.22. The van der Waals surface area contributed by atoms with Crippen molar-refractivity contribution < 1.29 is 13.2 Å². The molecule has 7 nitrogen and oxygen atoms in total. The van der Waals surface area contributed by atoms with Gasteiger partial charge in [0.15, 0.2) is 0 Å². The Hall–Kier alpha value is -1.93. The van der Waals surface area contributed by atoms with Crippen molar-refractivity contribution in [1.29, 1.82) is 0 Å². The Bertz CT molecular complexity index is 770. The summed E-state index contributed by atoms with van der Waals surface area (Å²) >= 11 is 0. The zero-order chi connectivity index (χ0) is 18.4. The fraction of sp³-hybridized carbons (Fsp3) is 0.556. The molecule has 1 aromatic rings. The normalized spacial score (nSPS) is 22.6. The maximum absolute atomic E-state index is 12.0. The van der Waals surface area contributed by atoms with Crippen molar-refractivity contribution in [2.45, 2.75) is 49.5 Å². The molecule has 3 rings (SSSR count). The van der Waals surface area contributed by atoms with E-state index < -0.39 is 10.0 Å². The highest BCUT2D eigenvalue weighted by atomic mass is 32.2. The number of carbonyl (C=O) groups is 1. The van der Waals surface area contributed by atoms with Crippen LogP contribution in [0.5, 0.6) is 0 Å². The number of amidine groups is 1. The number of hydrogen-bond acceptors (Lipinski definition) is 5. The van der Waals surface area contributed by atoms with Gasteiger partial charge in [0.2, 0.25) is 5.91 Å². The average molecular weight is 378 g/mol. The zero-order valence-electron chi connectivity index (χ0n) is 14.8. The number of amides is 1. The third-order valence-electron chi connectivity index (χ3n) is 4.66. The lowest BCUT2D eigenvalue weighted by atomic mass is 10.1. The summed E-state index contributed by atoms with van der Waals surface area (Å²) in [6.45, 7) is 2.44. The Morgan fingerprint density at radius 2 is 2.08 bits per heavy atom. The lowest BCUT2D eigenvalue weighted by molar-refractivity contribution is -0.122. The predicted molar refractivity (Wildman–Crippen MR) is 101 cm³/mol. The fourth-order valence-corrected chi connectivity index (χ4v) is 4.54. The molecule has 1 amide bonds. The second kappa shape index (κ2) is 8.64. The van der Waals surface area contributed by atoms with Crippen LogP contribution in [0.15, 0.2) is 34.2 Å². The minimum Gasteiger partial charge on any atom is -0.352 e. The summed E-state index contributed by atoms with van der Waals surface area (Å²) < 4.78 is 26.5. The van der Waals surface area contributed by atoms with E-state index in [-0.39, 0.29) is 16.8 Å². The van der Waals surface area contributed by atoms with Crippen molar-refractivity contribution >= 4 is 21.8 Å². The Labute approximate surface area is 154 Å². The van der Waals surface area contributed by atoms with E-state index in [0.717, 1.165) is 45.2 Å². The molecule has 1 saturated heterocycles. The first-order chi connectivity index (χ1) is 12.6. The number of nitrogens with one attached hydrogen (secondary N) is 3. The number of hydrogen-bond donors (Lipinski definition) is 3. The van der Waals surface area contributed by atoms with Crippen LogP contribution < -0.4 is 15.4 Å². The topological polar surface area (TPSA) is 99.7 Å². The number of rotatable bonds is 7. The van der Waals surface area contributed by atoms with E-state index in [1.54, 1.807) is 24.3 Å². The summed E-state index contributed by atoms with van der Waals surface area (Å²) in [6, 6.07) is 7.11. The van der Waals surface area contributed by atoms with Gasteiger partial charge in [-0.2, -0.15) is 0 Å². The Morgan fingerprint density at radius 3 is 2.88 bits per heavy atom. The monoisotopic (exact) mass is 378 g/mol. The van der Waals surface area contributed by atoms with Crippen LogP contribution in [0, 0.1) is 0 Å². The standard InChI is InChI=1S/C18H26N4O3S/c23-17(21-14-7-6-11-19-13-14)10-2-1-5-12-20-18-15-8-3-4-9-16(15)26(24,25)22-18/h3-4,8-9,14,19H,1-2,5-7,10-13H2,(H,20,22)(H,21,23). The molecule has 0 radical (unpaired) electrons. The van der Waals surface area contributed by atoms with Crippen molar-refractivity contribution in [2.75, 3.05) is 19.6 Å². The van der Waals surface area contributed by atoms with Crippen molar-refractivity contribution in [3.63, 3.8) is 0 Å². The molecule has 3 N–H and O–H groups in total. The van der Waals surface area contributed by atoms with Crippen LogP contribution in [0.4, 0.5) is 0 Å². The fourth-order valence-electron chi connectivity index (χ4n) is 3.29. The number of sulfonamides is 1. The summed E-state index contributed by atoms with van der Waals surface area (Å²) in [5.41, 5.74) is 0.632. The van der Waals surface area contributed by atoms with Gasteiger partial charge >= 0.3 is 0 Å². The van der Waals surface area contributed by atoms with Crippen molar-refractivity contribution in [1.82, 2.24) is 15.4 Å². The summed E-state index contributed by atoms with van der Waals surface area (Å²) in [4.78, 5) is 16.6. The molecule has 0 bridgehead atoms. The predicted octanol–water partition coefficient (Wildman–Crippen LogP) is 1.15. The van der Waals surface area contributed by atoms with Crippen LogP contribution >= 0.6 is 0 Å². The van der Waals surface area contributed by atoms with E-state index >= 15 is 0 Å². The number of nitrogens with zero attached hydrogens (tertiary/aromatic N) is 1. The number of carbonyl (C=O) groups excluding carboxylic acids is 1. The Balaban J connectivity index is 1.37. The molecule has 142 valence electrons. The van der Waals surface area contributed by atoms with Gasteiger partial charge in [-0.25, -0.2) is 8.42 Å². The zero-order valence-corrected chi connectivity index (χ0v) is 15.6. The van der Waals surface area contributed by atoms with E-state index in [1.807, 2.05) is 0 Å². The van der Waals surface area contributed by atoms with Crippen LogP contribution in [-0.2, 0) is 14.8 Å². The van der Waals surface area contributed by atoms with E-state index in [9.17, 15) is 13.2 Å². The molecule has 26 heavy (non-hydrogen) atoms. The number of unbranched alkanes of at least 4 members (excludes halogenated alkanes) is 2. The lowest BCUT2D eigenvalue weighted by Gasteiger charge is -2.23. The van der Waals surface area contributed by atoms with E-state index in [4.69, 9.17) is 0 Å². The highest BCUT2D eigenvalue weighted by molar-refractivity contribution is 7.90. The quantitative estimate of drug-likeness (QED) is 0.620. The molecule has 8 heteroatoms. The SMILES string of the molecule is O=C(CCCCCN=C1NS(=O)(=O)c2ccccc21)NC1CCCNC1. The Morgan fingerprint density at radius 1 is 1.23 bits per heavy atom. The minimum atomic E-state index is -3.47. The molecule has 1 atom stereocenters. The number of piperidine rings is 1. The van der Waals surface area contributed by atoms with Crippen LogP contribution in [-0.4, -0.2) is 45.8 Å². The Kier molecular flexibility index (Phi) is 6.26. The van der Waals surface area contributed by atoms with Gasteiger partial charge in [-0.1, -0.05) is 18.6 Å². The van der Waals surface area contributed by atoms with Gasteiger partial charge in [0.1, 0.15) is 5.84 Å². The maximum Gasteiger partial charge on any atom is 0.263 e. The van der Waals surface area contributed by atoms with E-state index in [2.05, 4.69) is 20.3 Å². The molecular formula is C18H26N4O3S. The molecule has 0 aliphatic carbocycles. The average Bonchev–Trinajstić information content (AvgIpc) is 2.90. The first-order valence-electron chi connectivity index (χ1n) is 9.23. The van der Waals surface area contributed by atoms with Gasteiger partial charge in [0.25, 0.3) is 10.0 Å². The second-order valence-electron chi connectivity index (χ2n) is 6.75. The molecule has 2 heterocycles. The van der Waals surface area contributed by atoms with Gasteiger partial charge in [-0.15, -0.1) is 0 Å². The smallest absolute Gasteiger partial charge is 0.263 e. The molecule has 1 unspecified atom stereocenters. The van der Waals surface area contributed by atoms with Gasteiger partial charge in [-0.3, -0.25) is 14.5 Å². The number of benzene rings is 1. The molecule has 0 saturated carbocycles. The molecule has 1 aromatic carbocycles. The third-order valence-corrected chi connectivity index (χ3v) is 6.05. The second-order valence-corrected chi connectivity index (χ2v) is 8.40. The van der Waals surface area contributed by atoms with Gasteiger partial charge in [0, 0.05) is 31.1 Å². The van der Waals surface area contributed by atoms with Crippen LogP contribution in [0.1, 0.15) is 44.1 Å². The van der Waals surface area contributed by atoms with Crippen LogP contribution in [0.2, 0.25) is 0 Å². The van der Waals surface area contributed by atoms with Crippen LogP contribution in [0.25, 0.3) is 0 Å². The summed E-state index contributed by atoms with van der Waals surface area (Å²) in [5.74, 6) is 0.533. The first-order valence-corrected chi connectivity index (χ1v) is 10.7. The molecular weight excluding hydrogens is 352 g/mol. The largest absolute Gasteiger partial charge is 0.352 e. The third kappa shape index (κ3) is 4.82. The van der Waals surface area contributed by atoms with Gasteiger partial charge < -0.3 is 10.6 Å². The molecule has 0 aromatic heterocycles. The van der Waals surface area contributed by atoms with Crippen molar-refractivity contribution in [3.8, 4) is 0 Å². The highest BCUT2D eigenvalue weighted by Crippen LogP contribution is 2.22. The van der Waals surface area contributed by atoms with Crippen molar-refractivity contribution in [3.05, 3.63) is 29.8 Å². The maximum atomic E-state index is 12.0. The van der Waals surface area contributed by atoms with Crippen molar-refractivity contribution in [2.24, 2.45) is 4.99 Å². The lowest BCUT2D eigenvalue weighted by Crippen LogP contribution is -2.45. The highest BCUT2D eigenvalue weighted by Gasteiger charge is 2.29. The molecule has 2 aliphatic rings.